The van der Waals surface area contributed by atoms with Crippen LogP contribution in [-0.2, 0) is 19.1 Å². The Bertz CT molecular complexity index is 247. The predicted molar refractivity (Wildman–Crippen MR) is 56.5 cm³/mol. The van der Waals surface area contributed by atoms with Crippen LogP contribution < -0.4 is 0 Å². The lowest BCUT2D eigenvalue weighted by Crippen LogP contribution is -2.31. The number of carbonyl (C=O) groups excluding carboxylic acids is 2. The van der Waals surface area contributed by atoms with E-state index >= 15 is 0 Å². The zero-order valence-electron chi connectivity index (χ0n) is 9.54. The van der Waals surface area contributed by atoms with Crippen LogP contribution in [0.1, 0.15) is 27.2 Å². The van der Waals surface area contributed by atoms with E-state index in [9.17, 15) is 9.59 Å². The molecule has 0 fully saturated rings. The standard InChI is InChI=1S/C11H18O4/c1-5-11(4,8-12)15-7-6-14-10(13)9(2)3/h8H,2,5-7H2,1,3-4H3. The molecule has 1 atom stereocenters. The van der Waals surface area contributed by atoms with Crippen LogP contribution in [-0.4, -0.2) is 31.1 Å². The van der Waals surface area contributed by atoms with Gasteiger partial charge in [-0.3, -0.25) is 0 Å². The Morgan fingerprint density at radius 1 is 1.47 bits per heavy atom. The van der Waals surface area contributed by atoms with Crippen LogP contribution in [0.2, 0.25) is 0 Å². The summed E-state index contributed by atoms with van der Waals surface area (Å²) in [5.41, 5.74) is -0.432. The summed E-state index contributed by atoms with van der Waals surface area (Å²) in [6.45, 7) is 8.91. The first kappa shape index (κ1) is 13.8. The molecule has 0 aliphatic carbocycles. The van der Waals surface area contributed by atoms with Crippen LogP contribution in [0.25, 0.3) is 0 Å². The quantitative estimate of drug-likeness (QED) is 0.279. The highest BCUT2D eigenvalue weighted by Crippen LogP contribution is 2.11. The molecule has 0 bridgehead atoms. The third-order valence-corrected chi connectivity index (χ3v) is 2.05. The van der Waals surface area contributed by atoms with E-state index < -0.39 is 11.6 Å². The number of esters is 1. The molecule has 0 spiro atoms. The molecule has 4 heteroatoms. The molecule has 0 saturated heterocycles. The molecule has 0 aromatic rings. The van der Waals surface area contributed by atoms with Gasteiger partial charge in [-0.15, -0.1) is 0 Å². The van der Waals surface area contributed by atoms with Crippen molar-refractivity contribution in [3.63, 3.8) is 0 Å². The maximum absolute atomic E-state index is 11.0. The molecule has 0 aliphatic heterocycles. The smallest absolute Gasteiger partial charge is 0.333 e. The summed E-state index contributed by atoms with van der Waals surface area (Å²) >= 11 is 0. The van der Waals surface area contributed by atoms with E-state index in [4.69, 9.17) is 9.47 Å². The van der Waals surface area contributed by atoms with Gasteiger partial charge in [0.25, 0.3) is 0 Å². The second kappa shape index (κ2) is 6.35. The Kier molecular flexibility index (Phi) is 5.86. The third-order valence-electron chi connectivity index (χ3n) is 2.05. The number of carbonyl (C=O) groups is 2. The van der Waals surface area contributed by atoms with Crippen LogP contribution in [0.15, 0.2) is 12.2 Å². The maximum Gasteiger partial charge on any atom is 0.333 e. The van der Waals surface area contributed by atoms with Crippen molar-refractivity contribution in [2.24, 2.45) is 0 Å². The molecule has 1 unspecified atom stereocenters. The molecule has 0 N–H and O–H groups in total. The molecule has 0 heterocycles. The Morgan fingerprint density at radius 2 is 2.07 bits per heavy atom. The van der Waals surface area contributed by atoms with Crippen molar-refractivity contribution in [1.29, 1.82) is 0 Å². The fraction of sp³-hybridized carbons (Fsp3) is 0.636. The van der Waals surface area contributed by atoms with Crippen molar-refractivity contribution in [1.82, 2.24) is 0 Å². The fourth-order valence-corrected chi connectivity index (χ4v) is 0.752. The minimum absolute atomic E-state index is 0.134. The second-order valence-corrected chi connectivity index (χ2v) is 3.55. The van der Waals surface area contributed by atoms with Crippen molar-refractivity contribution in [2.75, 3.05) is 13.2 Å². The lowest BCUT2D eigenvalue weighted by atomic mass is 10.1. The highest BCUT2D eigenvalue weighted by molar-refractivity contribution is 5.86. The van der Waals surface area contributed by atoms with Gasteiger partial charge in [0, 0.05) is 5.57 Å². The number of aldehydes is 1. The van der Waals surface area contributed by atoms with Crippen molar-refractivity contribution < 1.29 is 19.1 Å². The minimum atomic E-state index is -0.782. The Morgan fingerprint density at radius 3 is 2.47 bits per heavy atom. The molecule has 0 amide bonds. The van der Waals surface area contributed by atoms with Crippen LogP contribution in [0.4, 0.5) is 0 Å². The maximum atomic E-state index is 11.0. The van der Waals surface area contributed by atoms with Crippen molar-refractivity contribution >= 4 is 12.3 Å². The molecular formula is C11H18O4. The van der Waals surface area contributed by atoms with Gasteiger partial charge in [-0.2, -0.15) is 0 Å². The van der Waals surface area contributed by atoms with Crippen LogP contribution in [0.3, 0.4) is 0 Å². The molecule has 0 radical (unpaired) electrons. The summed E-state index contributed by atoms with van der Waals surface area (Å²) in [6.07, 6.45) is 1.35. The molecule has 4 nitrogen and oxygen atoms in total. The van der Waals surface area contributed by atoms with Crippen molar-refractivity contribution in [3.8, 4) is 0 Å². The number of rotatable bonds is 7. The first-order valence-electron chi connectivity index (χ1n) is 4.88. The van der Waals surface area contributed by atoms with Crippen molar-refractivity contribution in [2.45, 2.75) is 32.8 Å². The van der Waals surface area contributed by atoms with Crippen LogP contribution >= 0.6 is 0 Å². The minimum Gasteiger partial charge on any atom is -0.460 e. The molecule has 0 saturated carbocycles. The lowest BCUT2D eigenvalue weighted by Gasteiger charge is -2.21. The molecule has 86 valence electrons. The van der Waals surface area contributed by atoms with Gasteiger partial charge in [-0.05, 0) is 20.3 Å². The number of hydrogen-bond donors (Lipinski definition) is 0. The third kappa shape index (κ3) is 5.32. The van der Waals surface area contributed by atoms with E-state index in [1.807, 2.05) is 6.92 Å². The van der Waals surface area contributed by atoms with Gasteiger partial charge in [0.05, 0.1) is 6.61 Å². The summed E-state index contributed by atoms with van der Waals surface area (Å²) in [5.74, 6) is -0.442. The summed E-state index contributed by atoms with van der Waals surface area (Å²) in [4.78, 5) is 21.6. The average molecular weight is 214 g/mol. The first-order chi connectivity index (χ1) is 6.95. The lowest BCUT2D eigenvalue weighted by molar-refractivity contribution is -0.144. The topological polar surface area (TPSA) is 52.6 Å². The van der Waals surface area contributed by atoms with E-state index in [2.05, 4.69) is 6.58 Å². The number of ether oxygens (including phenoxy) is 2. The van der Waals surface area contributed by atoms with Gasteiger partial charge >= 0.3 is 5.97 Å². The van der Waals surface area contributed by atoms with E-state index in [1.54, 1.807) is 13.8 Å². The molecule has 15 heavy (non-hydrogen) atoms. The zero-order chi connectivity index (χ0) is 11.9. The van der Waals surface area contributed by atoms with Crippen LogP contribution in [0, 0.1) is 0 Å². The molecular weight excluding hydrogens is 196 g/mol. The predicted octanol–water partition coefficient (Wildman–Crippen LogP) is 1.49. The van der Waals surface area contributed by atoms with E-state index in [-0.39, 0.29) is 13.2 Å². The van der Waals surface area contributed by atoms with E-state index in [0.29, 0.717) is 12.0 Å². The van der Waals surface area contributed by atoms with Crippen LogP contribution in [0.5, 0.6) is 0 Å². The van der Waals surface area contributed by atoms with Gasteiger partial charge < -0.3 is 14.3 Å². The highest BCUT2D eigenvalue weighted by Gasteiger charge is 2.21. The fourth-order valence-electron chi connectivity index (χ4n) is 0.752. The van der Waals surface area contributed by atoms with Gasteiger partial charge in [-0.1, -0.05) is 13.5 Å². The largest absolute Gasteiger partial charge is 0.460 e. The first-order valence-corrected chi connectivity index (χ1v) is 4.88. The molecule has 0 aromatic heterocycles. The highest BCUT2D eigenvalue weighted by atomic mass is 16.6. The molecule has 0 rings (SSSR count). The summed E-state index contributed by atoms with van der Waals surface area (Å²) in [5, 5.41) is 0. The Balaban J connectivity index is 3.76. The van der Waals surface area contributed by atoms with Gasteiger partial charge in [0.15, 0.2) is 6.29 Å². The van der Waals surface area contributed by atoms with E-state index in [0.717, 1.165) is 6.29 Å². The second-order valence-electron chi connectivity index (χ2n) is 3.55. The molecule has 0 aromatic carbocycles. The van der Waals surface area contributed by atoms with Gasteiger partial charge in [-0.25, -0.2) is 4.79 Å². The van der Waals surface area contributed by atoms with Gasteiger partial charge in [0.1, 0.15) is 12.2 Å². The Hall–Kier alpha value is -1.16. The summed E-state index contributed by atoms with van der Waals surface area (Å²) < 4.78 is 10.1. The monoisotopic (exact) mass is 214 g/mol. The average Bonchev–Trinajstić information content (AvgIpc) is 2.23. The zero-order valence-corrected chi connectivity index (χ0v) is 9.54. The molecule has 0 aliphatic rings. The normalized spacial score (nSPS) is 14.1. The number of hydrogen-bond acceptors (Lipinski definition) is 4. The van der Waals surface area contributed by atoms with Gasteiger partial charge in [0.2, 0.25) is 0 Å². The summed E-state index contributed by atoms with van der Waals surface area (Å²) in [6, 6.07) is 0. The van der Waals surface area contributed by atoms with Crippen molar-refractivity contribution in [3.05, 3.63) is 12.2 Å². The van der Waals surface area contributed by atoms with E-state index in [1.165, 1.54) is 0 Å². The Labute approximate surface area is 90.2 Å². The SMILES string of the molecule is C=C(C)C(=O)OCCOC(C)(C=O)CC. The summed E-state index contributed by atoms with van der Waals surface area (Å²) in [7, 11) is 0.